The predicted molar refractivity (Wildman–Crippen MR) is 96.5 cm³/mol. The van der Waals surface area contributed by atoms with Crippen molar-refractivity contribution in [2.45, 2.75) is 33.9 Å². The van der Waals surface area contributed by atoms with Crippen molar-refractivity contribution in [2.24, 2.45) is 0 Å². The van der Waals surface area contributed by atoms with Crippen molar-refractivity contribution in [2.75, 3.05) is 16.8 Å². The topological polar surface area (TPSA) is 54.1 Å². The van der Waals surface area contributed by atoms with E-state index in [0.717, 1.165) is 17.1 Å². The summed E-state index contributed by atoms with van der Waals surface area (Å²) in [5.74, 6) is 0. The number of hydrogen-bond acceptors (Lipinski definition) is 4. The Balaban J connectivity index is 2.26. The number of benzene rings is 2. The molecule has 0 bridgehead atoms. The molecular formula is C20H20N4. The van der Waals surface area contributed by atoms with Crippen LogP contribution in [0, 0.1) is 43.4 Å². The molecule has 0 N–H and O–H groups in total. The Morgan fingerprint density at radius 2 is 1.46 bits per heavy atom. The van der Waals surface area contributed by atoms with Gasteiger partial charge in [0.05, 0.1) is 22.5 Å². The summed E-state index contributed by atoms with van der Waals surface area (Å²) in [6.07, 6.45) is 0.112. The highest BCUT2D eigenvalue weighted by molar-refractivity contribution is 5.87. The van der Waals surface area contributed by atoms with Gasteiger partial charge in [-0.15, -0.1) is 0 Å². The molecule has 0 amide bonds. The molecule has 2 aromatic rings. The molecule has 4 heteroatoms. The predicted octanol–water partition coefficient (Wildman–Crippen LogP) is 4.29. The molecule has 1 atom stereocenters. The van der Waals surface area contributed by atoms with E-state index in [9.17, 15) is 10.5 Å². The van der Waals surface area contributed by atoms with Gasteiger partial charge in [-0.25, -0.2) is 0 Å². The fourth-order valence-electron chi connectivity index (χ4n) is 3.35. The second-order valence-corrected chi connectivity index (χ2v) is 6.37. The lowest BCUT2D eigenvalue weighted by Gasteiger charge is -2.29. The molecule has 2 aromatic carbocycles. The molecule has 3 rings (SSSR count). The summed E-state index contributed by atoms with van der Waals surface area (Å²) in [4.78, 5) is 4.39. The van der Waals surface area contributed by atoms with Gasteiger partial charge in [0.25, 0.3) is 0 Å². The lowest BCUT2D eigenvalue weighted by Crippen LogP contribution is -2.36. The molecule has 0 aliphatic carbocycles. The number of fused-ring (bicyclic) bond motifs is 1. The zero-order valence-electron chi connectivity index (χ0n) is 14.7. The molecule has 1 aliphatic heterocycles. The maximum absolute atomic E-state index is 9.37. The second-order valence-electron chi connectivity index (χ2n) is 6.37. The third-order valence-corrected chi connectivity index (χ3v) is 5.22. The monoisotopic (exact) mass is 316 g/mol. The minimum absolute atomic E-state index is 0.112. The lowest BCUT2D eigenvalue weighted by molar-refractivity contribution is 0.732. The summed E-state index contributed by atoms with van der Waals surface area (Å²) in [6.45, 7) is 8.52. The molecule has 24 heavy (non-hydrogen) atoms. The molecule has 0 aromatic heterocycles. The molecule has 0 spiro atoms. The van der Waals surface area contributed by atoms with Gasteiger partial charge in [0.1, 0.15) is 18.3 Å². The van der Waals surface area contributed by atoms with E-state index in [1.807, 2.05) is 19.2 Å². The Bertz CT molecular complexity index is 915. The van der Waals surface area contributed by atoms with Crippen molar-refractivity contribution in [1.82, 2.24) is 0 Å². The molecule has 1 aliphatic rings. The summed E-state index contributed by atoms with van der Waals surface area (Å²) in [5, 5.41) is 18.7. The summed E-state index contributed by atoms with van der Waals surface area (Å²) < 4.78 is 0. The van der Waals surface area contributed by atoms with Crippen molar-refractivity contribution in [1.29, 1.82) is 10.5 Å². The third-order valence-electron chi connectivity index (χ3n) is 5.22. The number of anilines is 3. The van der Waals surface area contributed by atoms with Crippen LogP contribution in [-0.4, -0.2) is 13.2 Å². The van der Waals surface area contributed by atoms with Crippen LogP contribution >= 0.6 is 0 Å². The fraction of sp³-hybridized carbons (Fsp3) is 0.300. The van der Waals surface area contributed by atoms with E-state index in [2.05, 4.69) is 61.8 Å². The summed E-state index contributed by atoms with van der Waals surface area (Å²) in [6, 6.07) is 12.2. The van der Waals surface area contributed by atoms with Gasteiger partial charge in [-0.1, -0.05) is 6.07 Å². The van der Waals surface area contributed by atoms with Gasteiger partial charge in [0, 0.05) is 12.7 Å². The third kappa shape index (κ3) is 2.12. The molecule has 0 unspecified atom stereocenters. The second kappa shape index (κ2) is 5.58. The Labute approximate surface area is 143 Å². The van der Waals surface area contributed by atoms with Crippen LogP contribution in [0.2, 0.25) is 0 Å². The first-order valence-electron chi connectivity index (χ1n) is 7.97. The largest absolute Gasteiger partial charge is 0.352 e. The number of hydrogen-bond donors (Lipinski definition) is 0. The van der Waals surface area contributed by atoms with Gasteiger partial charge in [0.15, 0.2) is 0 Å². The maximum atomic E-state index is 9.37. The zero-order chi connectivity index (χ0) is 17.6. The number of rotatable bonds is 1. The van der Waals surface area contributed by atoms with E-state index >= 15 is 0 Å². The van der Waals surface area contributed by atoms with Crippen LogP contribution in [0.3, 0.4) is 0 Å². The van der Waals surface area contributed by atoms with Gasteiger partial charge in [-0.05, 0) is 62.6 Å². The first-order chi connectivity index (χ1) is 11.4. The van der Waals surface area contributed by atoms with Crippen molar-refractivity contribution >= 4 is 17.1 Å². The van der Waals surface area contributed by atoms with Gasteiger partial charge in [-0.3, -0.25) is 0 Å². The van der Waals surface area contributed by atoms with Crippen LogP contribution in [0.4, 0.5) is 17.1 Å². The van der Waals surface area contributed by atoms with E-state index in [-0.39, 0.29) is 6.17 Å². The molecule has 0 saturated heterocycles. The molecule has 0 fully saturated rings. The minimum Gasteiger partial charge on any atom is -0.352 e. The van der Waals surface area contributed by atoms with Crippen molar-refractivity contribution in [3.63, 3.8) is 0 Å². The Morgan fingerprint density at radius 1 is 0.875 bits per heavy atom. The number of nitrogens with zero attached hydrogens (tertiary/aromatic N) is 4. The van der Waals surface area contributed by atoms with Crippen LogP contribution in [0.5, 0.6) is 0 Å². The van der Waals surface area contributed by atoms with E-state index < -0.39 is 0 Å². The maximum Gasteiger partial charge on any atom is 0.103 e. The normalized spacial score (nSPS) is 15.9. The molecule has 120 valence electrons. The van der Waals surface area contributed by atoms with Gasteiger partial charge >= 0.3 is 0 Å². The standard InChI is InChI=1S/C20H20N4/c1-12-6-7-18(14(3)13(12)2)24-15(4)23(5)19-8-16(10-21)17(11-22)9-20(19)24/h6-9,15H,1-5H3/t15-/m0/s1. The van der Waals surface area contributed by atoms with Crippen molar-refractivity contribution in [3.8, 4) is 12.1 Å². The molecule has 1 heterocycles. The Morgan fingerprint density at radius 3 is 2.04 bits per heavy atom. The molecular weight excluding hydrogens is 296 g/mol. The van der Waals surface area contributed by atoms with Crippen LogP contribution < -0.4 is 9.80 Å². The fourth-order valence-corrected chi connectivity index (χ4v) is 3.35. The first kappa shape index (κ1) is 15.9. The summed E-state index contributed by atoms with van der Waals surface area (Å²) in [7, 11) is 2.02. The van der Waals surface area contributed by atoms with E-state index in [1.165, 1.54) is 16.7 Å². The number of nitriles is 2. The van der Waals surface area contributed by atoms with Gasteiger partial charge < -0.3 is 9.80 Å². The highest BCUT2D eigenvalue weighted by atomic mass is 15.4. The highest BCUT2D eigenvalue weighted by Gasteiger charge is 2.33. The molecule has 4 nitrogen and oxygen atoms in total. The number of aryl methyl sites for hydroxylation is 1. The smallest absolute Gasteiger partial charge is 0.103 e. The van der Waals surface area contributed by atoms with Gasteiger partial charge in [-0.2, -0.15) is 10.5 Å². The summed E-state index contributed by atoms with van der Waals surface area (Å²) >= 11 is 0. The van der Waals surface area contributed by atoms with Crippen LogP contribution in [0.15, 0.2) is 24.3 Å². The average molecular weight is 316 g/mol. The quantitative estimate of drug-likeness (QED) is 0.787. The zero-order valence-corrected chi connectivity index (χ0v) is 14.7. The lowest BCUT2D eigenvalue weighted by atomic mass is 10.0. The van der Waals surface area contributed by atoms with E-state index in [4.69, 9.17) is 0 Å². The SMILES string of the molecule is Cc1ccc(N2c3cc(C#N)c(C#N)cc3N(C)[C@@H]2C)c(C)c1C. The first-order valence-corrected chi connectivity index (χ1v) is 7.97. The van der Waals surface area contributed by atoms with E-state index in [1.54, 1.807) is 0 Å². The summed E-state index contributed by atoms with van der Waals surface area (Å²) in [5.41, 5.74) is 7.75. The van der Waals surface area contributed by atoms with Crippen molar-refractivity contribution in [3.05, 3.63) is 52.1 Å². The molecule has 0 radical (unpaired) electrons. The Kier molecular flexibility index (Phi) is 3.70. The minimum atomic E-state index is 0.112. The van der Waals surface area contributed by atoms with Crippen LogP contribution in [-0.2, 0) is 0 Å². The average Bonchev–Trinajstić information content (AvgIpc) is 2.83. The van der Waals surface area contributed by atoms with Gasteiger partial charge in [0.2, 0.25) is 0 Å². The van der Waals surface area contributed by atoms with E-state index in [0.29, 0.717) is 11.1 Å². The van der Waals surface area contributed by atoms with Crippen molar-refractivity contribution < 1.29 is 0 Å². The Hall–Kier alpha value is -2.98. The molecule has 0 saturated carbocycles. The highest BCUT2D eigenvalue weighted by Crippen LogP contribution is 2.45. The van der Waals surface area contributed by atoms with Crippen LogP contribution in [0.25, 0.3) is 0 Å². The van der Waals surface area contributed by atoms with Crippen LogP contribution in [0.1, 0.15) is 34.7 Å².